The van der Waals surface area contributed by atoms with E-state index in [9.17, 15) is 17.6 Å². The van der Waals surface area contributed by atoms with Gasteiger partial charge in [-0.2, -0.15) is 13.2 Å². The van der Waals surface area contributed by atoms with E-state index in [2.05, 4.69) is 25.1 Å². The smallest absolute Gasteiger partial charge is 0.377 e. The summed E-state index contributed by atoms with van der Waals surface area (Å²) in [6.45, 7) is 3.65. The maximum atomic E-state index is 14.2. The Balaban J connectivity index is 1.16. The molecule has 38 heavy (non-hydrogen) atoms. The van der Waals surface area contributed by atoms with Gasteiger partial charge in [-0.3, -0.25) is 9.47 Å². The first-order valence-electron chi connectivity index (χ1n) is 12.2. The highest BCUT2D eigenvalue weighted by Gasteiger charge is 2.64. The molecule has 1 aromatic carbocycles. The molecular weight excluding hydrogens is 528 g/mol. The van der Waals surface area contributed by atoms with Crippen molar-refractivity contribution in [1.29, 1.82) is 0 Å². The average Bonchev–Trinajstić information content (AvgIpc) is 3.08. The van der Waals surface area contributed by atoms with Crippen molar-refractivity contribution in [2.75, 3.05) is 49.2 Å². The number of hydrogen-bond donors (Lipinski definition) is 0. The van der Waals surface area contributed by atoms with Crippen molar-refractivity contribution < 1.29 is 22.3 Å². The molecule has 0 amide bonds. The second-order valence-electron chi connectivity index (χ2n) is 10.7. The Bertz CT molecular complexity index is 1430. The Kier molecular flexibility index (Phi) is 5.06. The van der Waals surface area contributed by atoms with E-state index in [1.165, 1.54) is 11.1 Å². The van der Waals surface area contributed by atoms with Crippen LogP contribution in [-0.4, -0.2) is 80.7 Å². The van der Waals surface area contributed by atoms with Gasteiger partial charge in [-0.05, 0) is 30.7 Å². The Labute approximate surface area is 220 Å². The molecule has 200 valence electrons. The molecular formula is C24H23ClF4N8O. The molecule has 3 fully saturated rings. The number of benzene rings is 1. The highest BCUT2D eigenvalue weighted by molar-refractivity contribution is 6.30. The summed E-state index contributed by atoms with van der Waals surface area (Å²) in [5, 5.41) is 9.20. The van der Waals surface area contributed by atoms with Gasteiger partial charge in [0.05, 0.1) is 37.3 Å². The van der Waals surface area contributed by atoms with Gasteiger partial charge in [-0.1, -0.05) is 11.6 Å². The number of aromatic nitrogens is 5. The van der Waals surface area contributed by atoms with E-state index in [1.807, 2.05) is 15.5 Å². The molecule has 4 aliphatic heterocycles. The van der Waals surface area contributed by atoms with E-state index < -0.39 is 30.7 Å². The van der Waals surface area contributed by atoms with Crippen LogP contribution < -0.4 is 9.80 Å². The van der Waals surface area contributed by atoms with Crippen LogP contribution in [0.4, 0.5) is 29.5 Å². The first-order valence-corrected chi connectivity index (χ1v) is 12.6. The number of alkyl halides is 3. The lowest BCUT2D eigenvalue weighted by Gasteiger charge is -2.60. The summed E-state index contributed by atoms with van der Waals surface area (Å²) >= 11 is 6.27. The minimum atomic E-state index is -4.46. The standard InChI is InChI=1S/C24H23ClF4N8O/c1-14-17(26)5-30-20(31-14)34-8-22(9-34)10-35(11-22)21-33-32-19-7-36(23(12-38-13-23)24(27,28)29)6-15-4-16(25)2-3-18(15)37(19)21/h2-5H,6-13H2,1H3. The van der Waals surface area contributed by atoms with E-state index in [0.717, 1.165) is 18.8 Å². The number of ether oxygens (including phenoxy) is 1. The van der Waals surface area contributed by atoms with Crippen LogP contribution in [0.15, 0.2) is 24.4 Å². The number of hydrogen-bond acceptors (Lipinski definition) is 8. The molecule has 4 aliphatic rings. The van der Waals surface area contributed by atoms with Crippen LogP contribution in [0.25, 0.3) is 5.69 Å². The molecule has 0 radical (unpaired) electrons. The van der Waals surface area contributed by atoms with Crippen LogP contribution in [-0.2, 0) is 17.8 Å². The maximum Gasteiger partial charge on any atom is 0.411 e. The number of anilines is 2. The van der Waals surface area contributed by atoms with E-state index in [4.69, 9.17) is 16.3 Å². The lowest BCUT2D eigenvalue weighted by atomic mass is 9.73. The average molecular weight is 551 g/mol. The minimum Gasteiger partial charge on any atom is -0.377 e. The van der Waals surface area contributed by atoms with Gasteiger partial charge in [0, 0.05) is 43.2 Å². The molecule has 0 aliphatic carbocycles. The van der Waals surface area contributed by atoms with Gasteiger partial charge < -0.3 is 14.5 Å². The normalized spacial score (nSPS) is 21.7. The number of rotatable bonds is 3. The van der Waals surface area contributed by atoms with Crippen molar-refractivity contribution in [2.45, 2.75) is 31.7 Å². The predicted octanol–water partition coefficient (Wildman–Crippen LogP) is 3.13. The second kappa shape index (κ2) is 7.99. The lowest BCUT2D eigenvalue weighted by molar-refractivity contribution is -0.310. The lowest BCUT2D eigenvalue weighted by Crippen LogP contribution is -2.73. The molecule has 0 bridgehead atoms. The summed E-state index contributed by atoms with van der Waals surface area (Å²) < 4.78 is 63.0. The molecule has 6 heterocycles. The number of halogens is 5. The fraction of sp³-hybridized carbons (Fsp3) is 0.500. The minimum absolute atomic E-state index is 0.0151. The van der Waals surface area contributed by atoms with E-state index in [-0.39, 0.29) is 18.5 Å². The molecule has 1 spiro atoms. The third kappa shape index (κ3) is 3.44. The first kappa shape index (κ1) is 24.0. The Morgan fingerprint density at radius 3 is 2.42 bits per heavy atom. The van der Waals surface area contributed by atoms with Crippen molar-refractivity contribution in [1.82, 2.24) is 29.6 Å². The summed E-state index contributed by atoms with van der Waals surface area (Å²) in [5.74, 6) is 1.10. The van der Waals surface area contributed by atoms with Crippen LogP contribution in [0.1, 0.15) is 17.1 Å². The molecule has 0 N–H and O–H groups in total. The first-order chi connectivity index (χ1) is 18.1. The molecule has 0 saturated carbocycles. The summed E-state index contributed by atoms with van der Waals surface area (Å²) in [7, 11) is 0. The zero-order valence-electron chi connectivity index (χ0n) is 20.3. The fourth-order valence-electron chi connectivity index (χ4n) is 5.92. The molecule has 2 aromatic heterocycles. The van der Waals surface area contributed by atoms with Crippen molar-refractivity contribution in [3.05, 3.63) is 52.3 Å². The van der Waals surface area contributed by atoms with Crippen LogP contribution in [0.2, 0.25) is 5.02 Å². The van der Waals surface area contributed by atoms with Crippen LogP contribution >= 0.6 is 11.6 Å². The van der Waals surface area contributed by atoms with Crippen molar-refractivity contribution in [3.8, 4) is 5.69 Å². The summed E-state index contributed by atoms with van der Waals surface area (Å²) in [4.78, 5) is 13.8. The van der Waals surface area contributed by atoms with Crippen molar-refractivity contribution in [3.63, 3.8) is 0 Å². The maximum absolute atomic E-state index is 14.2. The second-order valence-corrected chi connectivity index (χ2v) is 11.2. The molecule has 9 nitrogen and oxygen atoms in total. The van der Waals surface area contributed by atoms with E-state index >= 15 is 0 Å². The number of nitrogens with zero attached hydrogens (tertiary/aromatic N) is 8. The van der Waals surface area contributed by atoms with Gasteiger partial charge in [0.15, 0.2) is 17.2 Å². The summed E-state index contributed by atoms with van der Waals surface area (Å²) in [6, 6.07) is 5.24. The quantitative estimate of drug-likeness (QED) is 0.461. The largest absolute Gasteiger partial charge is 0.411 e. The van der Waals surface area contributed by atoms with E-state index in [0.29, 0.717) is 47.1 Å². The van der Waals surface area contributed by atoms with Gasteiger partial charge in [0.25, 0.3) is 0 Å². The molecule has 7 rings (SSSR count). The number of aryl methyl sites for hydroxylation is 1. The third-order valence-corrected chi connectivity index (χ3v) is 8.32. The SMILES string of the molecule is Cc1nc(N2CC3(C2)CN(c2nnc4n2-c2ccc(Cl)cc2CN(C2(C(F)(F)F)COC2)C4)C3)ncc1F. The Morgan fingerprint density at radius 1 is 1.03 bits per heavy atom. The van der Waals surface area contributed by atoms with Crippen LogP contribution in [0, 0.1) is 18.2 Å². The summed E-state index contributed by atoms with van der Waals surface area (Å²) in [6.07, 6.45) is -3.28. The van der Waals surface area contributed by atoms with Gasteiger partial charge >= 0.3 is 6.18 Å². The fourth-order valence-corrected chi connectivity index (χ4v) is 6.11. The molecule has 0 unspecified atom stereocenters. The van der Waals surface area contributed by atoms with Gasteiger partial charge in [-0.25, -0.2) is 14.4 Å². The highest BCUT2D eigenvalue weighted by atomic mass is 35.5. The van der Waals surface area contributed by atoms with Crippen LogP contribution in [0.5, 0.6) is 0 Å². The third-order valence-electron chi connectivity index (χ3n) is 8.08. The zero-order chi connectivity index (χ0) is 26.4. The molecule has 14 heteroatoms. The predicted molar refractivity (Wildman–Crippen MR) is 129 cm³/mol. The van der Waals surface area contributed by atoms with Crippen molar-refractivity contribution >= 4 is 23.5 Å². The topological polar surface area (TPSA) is 75.4 Å². The monoisotopic (exact) mass is 550 g/mol. The van der Waals surface area contributed by atoms with Crippen molar-refractivity contribution in [2.24, 2.45) is 5.41 Å². The zero-order valence-corrected chi connectivity index (χ0v) is 21.1. The number of fused-ring (bicyclic) bond motifs is 3. The van der Waals surface area contributed by atoms with Crippen LogP contribution in [0.3, 0.4) is 0 Å². The molecule has 0 atom stereocenters. The highest BCUT2D eigenvalue weighted by Crippen LogP contribution is 2.46. The van der Waals surface area contributed by atoms with Gasteiger partial charge in [0.1, 0.15) is 0 Å². The molecule has 3 aromatic rings. The Morgan fingerprint density at radius 2 is 1.76 bits per heavy atom. The van der Waals surface area contributed by atoms with Gasteiger partial charge in [-0.15, -0.1) is 10.2 Å². The molecule has 3 saturated heterocycles. The Hall–Kier alpha value is -3.03. The van der Waals surface area contributed by atoms with E-state index in [1.54, 1.807) is 19.1 Å². The summed E-state index contributed by atoms with van der Waals surface area (Å²) in [5.41, 5.74) is -0.366. The van der Waals surface area contributed by atoms with Gasteiger partial charge in [0.2, 0.25) is 11.9 Å².